The Hall–Kier alpha value is -1.10. The smallest absolute Gasteiger partial charge is 0.295 e. The maximum absolute atomic E-state index is 13.3. The molecule has 0 amide bonds. The fraction of sp³-hybridized carbons (Fsp3) is 0.636. The van der Waals surface area contributed by atoms with Gasteiger partial charge in [0.05, 0.1) is 0 Å². The fourth-order valence-corrected chi connectivity index (χ4v) is 2.36. The lowest BCUT2D eigenvalue weighted by Gasteiger charge is -2.14. The Balaban J connectivity index is 2.37. The van der Waals surface area contributed by atoms with Gasteiger partial charge in [0.1, 0.15) is 0 Å². The molecule has 1 aromatic rings. The Labute approximate surface area is 102 Å². The van der Waals surface area contributed by atoms with Gasteiger partial charge in [-0.05, 0) is 24.7 Å². The second-order valence-corrected chi connectivity index (χ2v) is 5.08. The molecule has 2 rings (SSSR count). The molecule has 0 spiro atoms. The molecule has 0 saturated heterocycles. The van der Waals surface area contributed by atoms with Crippen LogP contribution in [-0.4, -0.2) is 9.55 Å². The highest BCUT2D eigenvalue weighted by atomic mass is 35.5. The third kappa shape index (κ3) is 2.29. The molecule has 4 nitrogen and oxygen atoms in total. The molecule has 1 fully saturated rings. The summed E-state index contributed by atoms with van der Waals surface area (Å²) >= 11 is 5.40. The Morgan fingerprint density at radius 3 is 2.65 bits per heavy atom. The van der Waals surface area contributed by atoms with Gasteiger partial charge in [0.2, 0.25) is 5.82 Å². The van der Waals surface area contributed by atoms with Crippen molar-refractivity contribution in [2.75, 3.05) is 0 Å². The van der Waals surface area contributed by atoms with Gasteiger partial charge in [0.15, 0.2) is 5.15 Å². The number of halogens is 2. The molecule has 0 aliphatic heterocycles. The quantitative estimate of drug-likeness (QED) is 0.841. The van der Waals surface area contributed by atoms with Crippen molar-refractivity contribution >= 4 is 11.6 Å². The average molecular weight is 261 g/mol. The summed E-state index contributed by atoms with van der Waals surface area (Å²) in [6, 6.07) is 0. The van der Waals surface area contributed by atoms with Gasteiger partial charge in [-0.2, -0.15) is 4.39 Å². The maximum Gasteiger partial charge on any atom is 0.329 e. The van der Waals surface area contributed by atoms with Gasteiger partial charge in [-0.25, -0.2) is 4.79 Å². The minimum atomic E-state index is -1.08. The zero-order chi connectivity index (χ0) is 12.6. The van der Waals surface area contributed by atoms with E-state index in [-0.39, 0.29) is 12.0 Å². The van der Waals surface area contributed by atoms with E-state index in [1.165, 1.54) is 0 Å². The number of rotatable bonds is 4. The molecule has 0 aromatic carbocycles. The van der Waals surface area contributed by atoms with Crippen molar-refractivity contribution in [1.82, 2.24) is 9.55 Å². The molecule has 1 aliphatic carbocycles. The van der Waals surface area contributed by atoms with Gasteiger partial charge in [0.25, 0.3) is 5.56 Å². The number of aromatic amines is 1. The standard InChI is InChI=1S/C11H14ClFN2O2/c1-2-3-11(4-5-11)6-15-9(16)7(13)8(12)14-10(15)17/h2-6H2,1H3,(H,14,17). The molecular weight excluding hydrogens is 247 g/mol. The predicted octanol–water partition coefficient (Wildman–Crippen LogP) is 1.91. The van der Waals surface area contributed by atoms with Crippen LogP contribution < -0.4 is 11.2 Å². The van der Waals surface area contributed by atoms with Crippen LogP contribution in [0.25, 0.3) is 0 Å². The van der Waals surface area contributed by atoms with Crippen LogP contribution in [0.1, 0.15) is 32.6 Å². The van der Waals surface area contributed by atoms with E-state index < -0.39 is 22.2 Å². The van der Waals surface area contributed by atoms with Crippen molar-refractivity contribution in [3.63, 3.8) is 0 Å². The zero-order valence-corrected chi connectivity index (χ0v) is 10.3. The van der Waals surface area contributed by atoms with Crippen LogP contribution in [0.4, 0.5) is 4.39 Å². The van der Waals surface area contributed by atoms with E-state index in [9.17, 15) is 14.0 Å². The number of nitrogens with one attached hydrogen (secondary N) is 1. The Bertz CT molecular complexity index is 545. The summed E-state index contributed by atoms with van der Waals surface area (Å²) in [6.07, 6.45) is 3.90. The molecule has 0 bridgehead atoms. The van der Waals surface area contributed by atoms with E-state index in [0.717, 1.165) is 30.3 Å². The van der Waals surface area contributed by atoms with E-state index in [1.807, 2.05) is 0 Å². The maximum atomic E-state index is 13.3. The fourth-order valence-electron chi connectivity index (χ4n) is 2.19. The van der Waals surface area contributed by atoms with Crippen molar-refractivity contribution < 1.29 is 4.39 Å². The molecule has 0 atom stereocenters. The van der Waals surface area contributed by atoms with E-state index in [0.29, 0.717) is 0 Å². The lowest BCUT2D eigenvalue weighted by Crippen LogP contribution is -2.39. The first-order chi connectivity index (χ1) is 7.99. The minimum Gasteiger partial charge on any atom is -0.295 e. The first-order valence-electron chi connectivity index (χ1n) is 5.67. The Morgan fingerprint density at radius 1 is 1.47 bits per heavy atom. The largest absolute Gasteiger partial charge is 0.329 e. The summed E-state index contributed by atoms with van der Waals surface area (Å²) < 4.78 is 14.2. The highest BCUT2D eigenvalue weighted by Crippen LogP contribution is 2.50. The highest BCUT2D eigenvalue weighted by Gasteiger charge is 2.42. The summed E-state index contributed by atoms with van der Waals surface area (Å²) in [4.78, 5) is 25.3. The average Bonchev–Trinajstić information content (AvgIpc) is 3.02. The summed E-state index contributed by atoms with van der Waals surface area (Å²) in [5.41, 5.74) is -1.56. The molecule has 0 unspecified atom stereocenters. The van der Waals surface area contributed by atoms with Crippen molar-refractivity contribution in [2.24, 2.45) is 5.41 Å². The monoisotopic (exact) mass is 260 g/mol. The molecule has 1 aromatic heterocycles. The molecule has 1 heterocycles. The molecule has 94 valence electrons. The van der Waals surface area contributed by atoms with Gasteiger partial charge < -0.3 is 0 Å². The number of hydrogen-bond donors (Lipinski definition) is 1. The van der Waals surface area contributed by atoms with Gasteiger partial charge in [-0.1, -0.05) is 24.9 Å². The van der Waals surface area contributed by atoms with Gasteiger partial charge in [0, 0.05) is 6.54 Å². The molecule has 6 heteroatoms. The van der Waals surface area contributed by atoms with Gasteiger partial charge >= 0.3 is 5.69 Å². The number of aromatic nitrogens is 2. The van der Waals surface area contributed by atoms with Crippen LogP contribution in [0.2, 0.25) is 5.15 Å². The van der Waals surface area contributed by atoms with Crippen LogP contribution >= 0.6 is 11.6 Å². The van der Waals surface area contributed by atoms with Crippen LogP contribution in [0.5, 0.6) is 0 Å². The zero-order valence-electron chi connectivity index (χ0n) is 9.56. The van der Waals surface area contributed by atoms with Crippen molar-refractivity contribution in [2.45, 2.75) is 39.2 Å². The van der Waals surface area contributed by atoms with E-state index >= 15 is 0 Å². The second kappa shape index (κ2) is 4.29. The molecular formula is C11H14ClFN2O2. The molecule has 1 saturated carbocycles. The lowest BCUT2D eigenvalue weighted by molar-refractivity contribution is 0.366. The first-order valence-corrected chi connectivity index (χ1v) is 6.05. The Kier molecular flexibility index (Phi) is 3.12. The highest BCUT2D eigenvalue weighted by molar-refractivity contribution is 6.29. The summed E-state index contributed by atoms with van der Waals surface area (Å²) in [7, 11) is 0. The molecule has 1 aliphatic rings. The summed E-state index contributed by atoms with van der Waals surface area (Å²) in [5.74, 6) is -1.08. The van der Waals surface area contributed by atoms with Crippen LogP contribution in [0.3, 0.4) is 0 Å². The van der Waals surface area contributed by atoms with Crippen molar-refractivity contribution in [1.29, 1.82) is 0 Å². The number of nitrogens with zero attached hydrogens (tertiary/aromatic N) is 1. The van der Waals surface area contributed by atoms with E-state index in [2.05, 4.69) is 11.9 Å². The first kappa shape index (κ1) is 12.4. The predicted molar refractivity (Wildman–Crippen MR) is 62.9 cm³/mol. The lowest BCUT2D eigenvalue weighted by atomic mass is 10.0. The summed E-state index contributed by atoms with van der Waals surface area (Å²) in [6.45, 7) is 2.33. The topological polar surface area (TPSA) is 54.9 Å². The van der Waals surface area contributed by atoms with Crippen LogP contribution in [0, 0.1) is 11.2 Å². The third-order valence-corrected chi connectivity index (χ3v) is 3.58. The van der Waals surface area contributed by atoms with Crippen molar-refractivity contribution in [3.8, 4) is 0 Å². The second-order valence-electron chi connectivity index (χ2n) is 4.70. The Morgan fingerprint density at radius 2 is 2.12 bits per heavy atom. The third-order valence-electron chi connectivity index (χ3n) is 3.32. The summed E-state index contributed by atoms with van der Waals surface area (Å²) in [5, 5.41) is -0.517. The SMILES string of the molecule is CCCC1(Cn2c(=O)[nH]c(Cl)c(F)c2=O)CC1. The van der Waals surface area contributed by atoms with Gasteiger partial charge in [-0.3, -0.25) is 14.3 Å². The molecule has 0 radical (unpaired) electrons. The van der Waals surface area contributed by atoms with Crippen molar-refractivity contribution in [3.05, 3.63) is 31.8 Å². The van der Waals surface area contributed by atoms with E-state index in [1.54, 1.807) is 0 Å². The minimum absolute atomic E-state index is 0.00580. The van der Waals surface area contributed by atoms with Gasteiger partial charge in [-0.15, -0.1) is 0 Å². The normalized spacial score (nSPS) is 17.1. The van der Waals surface area contributed by atoms with Crippen LogP contribution in [-0.2, 0) is 6.54 Å². The number of hydrogen-bond acceptors (Lipinski definition) is 2. The molecule has 17 heavy (non-hydrogen) atoms. The molecule has 1 N–H and O–H groups in total. The van der Waals surface area contributed by atoms with Crippen LogP contribution in [0.15, 0.2) is 9.59 Å². The number of H-pyrrole nitrogens is 1. The van der Waals surface area contributed by atoms with E-state index in [4.69, 9.17) is 11.6 Å².